The third kappa shape index (κ3) is 1.52. The predicted molar refractivity (Wildman–Crippen MR) is 50.1 cm³/mol. The van der Waals surface area contributed by atoms with E-state index in [2.05, 4.69) is 11.2 Å². The van der Waals surface area contributed by atoms with Gasteiger partial charge >= 0.3 is 0 Å². The molecule has 0 aliphatic carbocycles. The van der Waals surface area contributed by atoms with Gasteiger partial charge in [-0.25, -0.2) is 0 Å². The number of hydrazone groups is 1. The molecule has 0 amide bonds. The first-order chi connectivity index (χ1) is 6.40. The van der Waals surface area contributed by atoms with Crippen molar-refractivity contribution >= 4 is 6.21 Å². The maximum atomic E-state index is 8.66. The number of rotatable bonds is 0. The summed E-state index contributed by atoms with van der Waals surface area (Å²) < 4.78 is 0. The molecule has 13 heavy (non-hydrogen) atoms. The second-order valence-electron chi connectivity index (χ2n) is 2.92. The summed E-state index contributed by atoms with van der Waals surface area (Å²) in [5.41, 5.74) is 2.37. The molecule has 1 aliphatic rings. The number of hydrogen-bond donors (Lipinski definition) is 0. The molecule has 0 spiro atoms. The molecule has 1 heterocycles. The Morgan fingerprint density at radius 3 is 3.08 bits per heavy atom. The summed E-state index contributed by atoms with van der Waals surface area (Å²) >= 11 is 0. The van der Waals surface area contributed by atoms with Crippen molar-refractivity contribution in [2.75, 3.05) is 6.54 Å². The lowest BCUT2D eigenvalue weighted by atomic mass is 10.1. The molecular weight excluding hydrogens is 162 g/mol. The lowest BCUT2D eigenvalue weighted by Crippen LogP contribution is -2.11. The number of nitrogens with zero attached hydrogens (tertiary/aromatic N) is 3. The Hall–Kier alpha value is -1.82. The van der Waals surface area contributed by atoms with Gasteiger partial charge in [-0.1, -0.05) is 24.3 Å². The number of nitriles is 1. The SMILES string of the molecule is N#CN1CCc2ccccc2C=N1. The first-order valence-corrected chi connectivity index (χ1v) is 4.19. The smallest absolute Gasteiger partial charge is 0.200 e. The van der Waals surface area contributed by atoms with Crippen molar-refractivity contribution in [1.29, 1.82) is 5.26 Å². The second kappa shape index (κ2) is 3.28. The van der Waals surface area contributed by atoms with Crippen LogP contribution in [0.2, 0.25) is 0 Å². The average molecular weight is 171 g/mol. The molecule has 0 fully saturated rings. The zero-order valence-corrected chi connectivity index (χ0v) is 7.14. The fourth-order valence-corrected chi connectivity index (χ4v) is 1.38. The molecule has 1 aromatic carbocycles. The van der Waals surface area contributed by atoms with E-state index in [0.29, 0.717) is 6.54 Å². The van der Waals surface area contributed by atoms with Gasteiger partial charge in [0.25, 0.3) is 0 Å². The lowest BCUT2D eigenvalue weighted by molar-refractivity contribution is 0.426. The molecule has 0 saturated heterocycles. The van der Waals surface area contributed by atoms with Gasteiger partial charge in [0.1, 0.15) is 0 Å². The third-order valence-electron chi connectivity index (χ3n) is 2.10. The molecule has 3 heteroatoms. The fraction of sp³-hybridized carbons (Fsp3) is 0.200. The van der Waals surface area contributed by atoms with Gasteiger partial charge in [-0.05, 0) is 17.5 Å². The molecule has 1 aromatic rings. The van der Waals surface area contributed by atoms with E-state index in [0.717, 1.165) is 12.0 Å². The number of fused-ring (bicyclic) bond motifs is 1. The van der Waals surface area contributed by atoms with E-state index in [4.69, 9.17) is 5.26 Å². The second-order valence-corrected chi connectivity index (χ2v) is 2.92. The van der Waals surface area contributed by atoms with Crippen LogP contribution in [-0.2, 0) is 6.42 Å². The third-order valence-corrected chi connectivity index (χ3v) is 2.10. The highest BCUT2D eigenvalue weighted by Crippen LogP contribution is 2.11. The molecule has 0 saturated carbocycles. The Labute approximate surface area is 76.9 Å². The molecule has 3 nitrogen and oxygen atoms in total. The van der Waals surface area contributed by atoms with E-state index in [1.165, 1.54) is 10.6 Å². The quantitative estimate of drug-likeness (QED) is 0.553. The lowest BCUT2D eigenvalue weighted by Gasteiger charge is -2.04. The summed E-state index contributed by atoms with van der Waals surface area (Å²) in [6.07, 6.45) is 4.63. The standard InChI is InChI=1S/C10H9N3/c11-8-13-6-5-9-3-1-2-4-10(9)7-12-13/h1-4,7H,5-6H2. The molecule has 0 radical (unpaired) electrons. The van der Waals surface area contributed by atoms with Crippen LogP contribution in [0.3, 0.4) is 0 Å². The molecular formula is C10H9N3. The number of hydrogen-bond acceptors (Lipinski definition) is 3. The molecule has 0 unspecified atom stereocenters. The van der Waals surface area contributed by atoms with Crippen LogP contribution in [-0.4, -0.2) is 17.8 Å². The summed E-state index contributed by atoms with van der Waals surface area (Å²) in [6.45, 7) is 0.671. The van der Waals surface area contributed by atoms with Crippen molar-refractivity contribution in [2.45, 2.75) is 6.42 Å². The van der Waals surface area contributed by atoms with Crippen molar-refractivity contribution in [3.8, 4) is 6.19 Å². The van der Waals surface area contributed by atoms with Crippen LogP contribution in [0.25, 0.3) is 0 Å². The summed E-state index contributed by atoms with van der Waals surface area (Å²) in [7, 11) is 0. The highest BCUT2D eigenvalue weighted by molar-refractivity contribution is 5.81. The Morgan fingerprint density at radius 1 is 1.38 bits per heavy atom. The zero-order chi connectivity index (χ0) is 9.10. The van der Waals surface area contributed by atoms with Crippen molar-refractivity contribution in [3.63, 3.8) is 0 Å². The van der Waals surface area contributed by atoms with E-state index in [1.807, 2.05) is 24.4 Å². The van der Waals surface area contributed by atoms with Crippen molar-refractivity contribution in [1.82, 2.24) is 5.01 Å². The minimum atomic E-state index is 0.671. The molecule has 64 valence electrons. The normalized spacial score (nSPS) is 14.5. The van der Waals surface area contributed by atoms with Crippen LogP contribution in [0.5, 0.6) is 0 Å². The number of benzene rings is 1. The molecule has 0 aromatic heterocycles. The van der Waals surface area contributed by atoms with E-state index in [1.54, 1.807) is 6.21 Å². The predicted octanol–water partition coefficient (Wildman–Crippen LogP) is 1.36. The monoisotopic (exact) mass is 171 g/mol. The highest BCUT2D eigenvalue weighted by atomic mass is 15.4. The molecule has 0 bridgehead atoms. The van der Waals surface area contributed by atoms with Gasteiger partial charge in [-0.15, -0.1) is 0 Å². The van der Waals surface area contributed by atoms with Crippen molar-refractivity contribution in [3.05, 3.63) is 35.4 Å². The van der Waals surface area contributed by atoms with E-state index in [-0.39, 0.29) is 0 Å². The molecule has 0 N–H and O–H groups in total. The van der Waals surface area contributed by atoms with Gasteiger partial charge < -0.3 is 0 Å². The van der Waals surface area contributed by atoms with Gasteiger partial charge in [-0.2, -0.15) is 15.4 Å². The summed E-state index contributed by atoms with van der Waals surface area (Å²) in [4.78, 5) is 0. The Morgan fingerprint density at radius 2 is 2.23 bits per heavy atom. The average Bonchev–Trinajstić information content (AvgIpc) is 2.39. The van der Waals surface area contributed by atoms with Gasteiger partial charge in [0.15, 0.2) is 0 Å². The summed E-state index contributed by atoms with van der Waals surface area (Å²) in [5.74, 6) is 0. The van der Waals surface area contributed by atoms with Gasteiger partial charge in [0, 0.05) is 0 Å². The van der Waals surface area contributed by atoms with Crippen molar-refractivity contribution < 1.29 is 0 Å². The first kappa shape index (κ1) is 7.81. The van der Waals surface area contributed by atoms with Crippen LogP contribution < -0.4 is 0 Å². The van der Waals surface area contributed by atoms with E-state index < -0.39 is 0 Å². The van der Waals surface area contributed by atoms with E-state index in [9.17, 15) is 0 Å². The van der Waals surface area contributed by atoms with Crippen molar-refractivity contribution in [2.24, 2.45) is 5.10 Å². The van der Waals surface area contributed by atoms with Crippen LogP contribution in [0.1, 0.15) is 11.1 Å². The maximum Gasteiger partial charge on any atom is 0.201 e. The first-order valence-electron chi connectivity index (χ1n) is 4.19. The Bertz CT molecular complexity index is 376. The van der Waals surface area contributed by atoms with Crippen LogP contribution in [0.4, 0.5) is 0 Å². The summed E-state index contributed by atoms with van der Waals surface area (Å²) in [6, 6.07) is 8.07. The minimum absolute atomic E-state index is 0.671. The van der Waals surface area contributed by atoms with Gasteiger partial charge in [0.05, 0.1) is 12.8 Å². The van der Waals surface area contributed by atoms with E-state index >= 15 is 0 Å². The molecule has 1 aliphatic heterocycles. The van der Waals surface area contributed by atoms with Gasteiger partial charge in [0.2, 0.25) is 6.19 Å². The van der Waals surface area contributed by atoms with Gasteiger partial charge in [-0.3, -0.25) is 0 Å². The highest BCUT2D eigenvalue weighted by Gasteiger charge is 2.07. The maximum absolute atomic E-state index is 8.66. The zero-order valence-electron chi connectivity index (χ0n) is 7.14. The fourth-order valence-electron chi connectivity index (χ4n) is 1.38. The Balaban J connectivity index is 2.35. The largest absolute Gasteiger partial charge is 0.201 e. The van der Waals surface area contributed by atoms with Crippen LogP contribution in [0.15, 0.2) is 29.4 Å². The molecule has 0 atom stereocenters. The minimum Gasteiger partial charge on any atom is -0.200 e. The topological polar surface area (TPSA) is 39.4 Å². The summed E-state index contributed by atoms with van der Waals surface area (Å²) in [5, 5.41) is 14.1. The van der Waals surface area contributed by atoms with Crippen LogP contribution >= 0.6 is 0 Å². The van der Waals surface area contributed by atoms with Crippen LogP contribution in [0, 0.1) is 11.5 Å². The Kier molecular flexibility index (Phi) is 1.97. The molecule has 2 rings (SSSR count).